The maximum atomic E-state index is 10.8. The van der Waals surface area contributed by atoms with E-state index in [4.69, 9.17) is 11.1 Å². The SMILES string of the molecule is N#CC1CCC1C(=O)NN. The molecule has 0 radical (unpaired) electrons. The van der Waals surface area contributed by atoms with Gasteiger partial charge in [-0.3, -0.25) is 10.2 Å². The van der Waals surface area contributed by atoms with E-state index in [1.54, 1.807) is 0 Å². The summed E-state index contributed by atoms with van der Waals surface area (Å²) in [4.78, 5) is 10.8. The van der Waals surface area contributed by atoms with Gasteiger partial charge in [-0.05, 0) is 12.8 Å². The number of rotatable bonds is 1. The molecule has 0 aliphatic heterocycles. The standard InChI is InChI=1S/C6H9N3O/c7-3-4-1-2-5(4)6(10)9-8/h4-5H,1-2,8H2,(H,9,10). The fraction of sp³-hybridized carbons (Fsp3) is 0.667. The number of carbonyl (C=O) groups excluding carboxylic acids is 1. The Kier molecular flexibility index (Phi) is 1.88. The summed E-state index contributed by atoms with van der Waals surface area (Å²) in [7, 11) is 0. The van der Waals surface area contributed by atoms with Gasteiger partial charge in [-0.15, -0.1) is 0 Å². The van der Waals surface area contributed by atoms with Crippen molar-refractivity contribution in [1.29, 1.82) is 5.26 Å². The monoisotopic (exact) mass is 139 g/mol. The number of hydrazine groups is 1. The number of nitrogens with two attached hydrogens (primary N) is 1. The number of nitriles is 1. The molecular formula is C6H9N3O. The molecule has 0 aromatic heterocycles. The lowest BCUT2D eigenvalue weighted by atomic mass is 9.74. The number of nitrogens with one attached hydrogen (secondary N) is 1. The number of carbonyl (C=O) groups is 1. The van der Waals surface area contributed by atoms with Crippen molar-refractivity contribution in [2.24, 2.45) is 17.7 Å². The summed E-state index contributed by atoms with van der Waals surface area (Å²) in [5.74, 6) is 4.41. The second-order valence-electron chi connectivity index (χ2n) is 2.43. The molecule has 4 nitrogen and oxygen atoms in total. The fourth-order valence-electron chi connectivity index (χ4n) is 1.08. The van der Waals surface area contributed by atoms with Crippen molar-refractivity contribution in [2.45, 2.75) is 12.8 Å². The van der Waals surface area contributed by atoms with Crippen LogP contribution in [-0.4, -0.2) is 5.91 Å². The van der Waals surface area contributed by atoms with Gasteiger partial charge >= 0.3 is 0 Å². The molecule has 54 valence electrons. The first-order valence-electron chi connectivity index (χ1n) is 3.19. The molecule has 2 unspecified atom stereocenters. The number of hydrogen-bond donors (Lipinski definition) is 2. The second kappa shape index (κ2) is 2.67. The van der Waals surface area contributed by atoms with Gasteiger partial charge in [0.2, 0.25) is 5.91 Å². The molecule has 1 amide bonds. The average molecular weight is 139 g/mol. The zero-order chi connectivity index (χ0) is 7.56. The minimum Gasteiger partial charge on any atom is -0.294 e. The van der Waals surface area contributed by atoms with E-state index in [1.165, 1.54) is 0 Å². The zero-order valence-electron chi connectivity index (χ0n) is 5.50. The highest BCUT2D eigenvalue weighted by Gasteiger charge is 2.36. The van der Waals surface area contributed by atoms with Crippen LogP contribution in [0.1, 0.15) is 12.8 Å². The van der Waals surface area contributed by atoms with E-state index >= 15 is 0 Å². The first-order chi connectivity index (χ1) is 4.79. The molecular weight excluding hydrogens is 130 g/mol. The first kappa shape index (κ1) is 7.03. The molecule has 1 aliphatic carbocycles. The van der Waals surface area contributed by atoms with Crippen LogP contribution in [0.15, 0.2) is 0 Å². The smallest absolute Gasteiger partial charge is 0.238 e. The maximum absolute atomic E-state index is 10.8. The van der Waals surface area contributed by atoms with Crippen molar-refractivity contribution in [3.05, 3.63) is 0 Å². The Morgan fingerprint density at radius 2 is 2.40 bits per heavy atom. The van der Waals surface area contributed by atoms with Crippen molar-refractivity contribution in [2.75, 3.05) is 0 Å². The average Bonchev–Trinajstić information content (AvgIpc) is 1.86. The van der Waals surface area contributed by atoms with Crippen molar-refractivity contribution in [3.63, 3.8) is 0 Å². The number of amides is 1. The number of nitrogens with zero attached hydrogens (tertiary/aromatic N) is 1. The van der Waals surface area contributed by atoms with E-state index in [1.807, 2.05) is 5.43 Å². The lowest BCUT2D eigenvalue weighted by Crippen LogP contribution is -2.43. The Labute approximate surface area is 59.0 Å². The van der Waals surface area contributed by atoms with Crippen LogP contribution in [0, 0.1) is 23.2 Å². The minimum absolute atomic E-state index is 0.108. The Morgan fingerprint density at radius 3 is 2.70 bits per heavy atom. The van der Waals surface area contributed by atoms with Crippen LogP contribution in [0.4, 0.5) is 0 Å². The maximum Gasteiger partial charge on any atom is 0.238 e. The van der Waals surface area contributed by atoms with Crippen LogP contribution >= 0.6 is 0 Å². The molecule has 0 saturated heterocycles. The molecule has 1 rings (SSSR count). The van der Waals surface area contributed by atoms with Crippen molar-refractivity contribution >= 4 is 5.91 Å². The molecule has 1 fully saturated rings. The van der Waals surface area contributed by atoms with Crippen LogP contribution in [-0.2, 0) is 4.79 Å². The third kappa shape index (κ3) is 0.957. The van der Waals surface area contributed by atoms with Gasteiger partial charge in [-0.25, -0.2) is 5.84 Å². The molecule has 0 bridgehead atoms. The summed E-state index contributed by atoms with van der Waals surface area (Å²) in [5.41, 5.74) is 2.04. The van der Waals surface area contributed by atoms with Crippen LogP contribution in [0.25, 0.3) is 0 Å². The molecule has 4 heteroatoms. The summed E-state index contributed by atoms with van der Waals surface area (Å²) in [5, 5.41) is 8.43. The molecule has 1 saturated carbocycles. The van der Waals surface area contributed by atoms with Gasteiger partial charge in [-0.2, -0.15) is 5.26 Å². The number of hydrogen-bond acceptors (Lipinski definition) is 3. The fourth-order valence-corrected chi connectivity index (χ4v) is 1.08. The molecule has 3 N–H and O–H groups in total. The molecule has 0 aromatic carbocycles. The van der Waals surface area contributed by atoms with Crippen LogP contribution in [0.3, 0.4) is 0 Å². The quantitative estimate of drug-likeness (QED) is 0.293. The van der Waals surface area contributed by atoms with E-state index in [-0.39, 0.29) is 17.7 Å². The molecule has 0 aromatic rings. The summed E-state index contributed by atoms with van der Waals surface area (Å²) in [6.07, 6.45) is 1.62. The van der Waals surface area contributed by atoms with E-state index in [0.29, 0.717) is 0 Å². The van der Waals surface area contributed by atoms with E-state index in [2.05, 4.69) is 6.07 Å². The Hall–Kier alpha value is -1.08. The van der Waals surface area contributed by atoms with Crippen LogP contribution < -0.4 is 11.3 Å². The molecule has 10 heavy (non-hydrogen) atoms. The van der Waals surface area contributed by atoms with Gasteiger partial charge in [0, 0.05) is 0 Å². The summed E-state index contributed by atoms with van der Waals surface area (Å²) < 4.78 is 0. The van der Waals surface area contributed by atoms with Gasteiger partial charge in [0.05, 0.1) is 17.9 Å². The van der Waals surface area contributed by atoms with Gasteiger partial charge < -0.3 is 0 Å². The minimum atomic E-state index is -0.210. The highest BCUT2D eigenvalue weighted by molar-refractivity contribution is 5.79. The lowest BCUT2D eigenvalue weighted by Gasteiger charge is -2.28. The Morgan fingerprint density at radius 1 is 1.70 bits per heavy atom. The van der Waals surface area contributed by atoms with Crippen LogP contribution in [0.5, 0.6) is 0 Å². The second-order valence-corrected chi connectivity index (χ2v) is 2.43. The predicted octanol–water partition coefficient (Wildman–Crippen LogP) is -0.474. The van der Waals surface area contributed by atoms with Crippen LogP contribution in [0.2, 0.25) is 0 Å². The van der Waals surface area contributed by atoms with Gasteiger partial charge in [-0.1, -0.05) is 0 Å². The summed E-state index contributed by atoms with van der Waals surface area (Å²) in [6.45, 7) is 0. The third-order valence-electron chi connectivity index (χ3n) is 1.92. The largest absolute Gasteiger partial charge is 0.294 e. The molecule has 2 atom stereocenters. The zero-order valence-corrected chi connectivity index (χ0v) is 5.50. The third-order valence-corrected chi connectivity index (χ3v) is 1.92. The molecule has 0 spiro atoms. The van der Waals surface area contributed by atoms with Crippen molar-refractivity contribution < 1.29 is 4.79 Å². The molecule has 0 heterocycles. The van der Waals surface area contributed by atoms with Crippen molar-refractivity contribution in [1.82, 2.24) is 5.43 Å². The van der Waals surface area contributed by atoms with E-state index in [9.17, 15) is 4.79 Å². The van der Waals surface area contributed by atoms with Gasteiger partial charge in [0.1, 0.15) is 0 Å². The summed E-state index contributed by atoms with van der Waals surface area (Å²) >= 11 is 0. The highest BCUT2D eigenvalue weighted by Crippen LogP contribution is 2.33. The topological polar surface area (TPSA) is 78.9 Å². The molecule has 1 aliphatic rings. The van der Waals surface area contributed by atoms with E-state index < -0.39 is 0 Å². The Balaban J connectivity index is 2.44. The Bertz CT molecular complexity index is 184. The van der Waals surface area contributed by atoms with Crippen molar-refractivity contribution in [3.8, 4) is 6.07 Å². The van der Waals surface area contributed by atoms with E-state index in [0.717, 1.165) is 12.8 Å². The lowest BCUT2D eigenvalue weighted by molar-refractivity contribution is -0.129. The first-order valence-corrected chi connectivity index (χ1v) is 3.19. The highest BCUT2D eigenvalue weighted by atomic mass is 16.2. The van der Waals surface area contributed by atoms with Gasteiger partial charge in [0.15, 0.2) is 0 Å². The van der Waals surface area contributed by atoms with Gasteiger partial charge in [0.25, 0.3) is 0 Å². The summed E-state index contributed by atoms with van der Waals surface area (Å²) in [6, 6.07) is 2.05. The predicted molar refractivity (Wildman–Crippen MR) is 34.2 cm³/mol. The normalized spacial score (nSPS) is 30.0.